The molecule has 0 saturated carbocycles. The minimum Gasteiger partial charge on any atom is -0.324 e. The number of nitrogens with one attached hydrogen (secondary N) is 1. The second-order valence-electron chi connectivity index (χ2n) is 7.10. The van der Waals surface area contributed by atoms with Gasteiger partial charge in [0.15, 0.2) is 11.0 Å². The summed E-state index contributed by atoms with van der Waals surface area (Å²) in [5.41, 5.74) is 1.55. The summed E-state index contributed by atoms with van der Waals surface area (Å²) in [6.07, 6.45) is 0. The van der Waals surface area contributed by atoms with Crippen molar-refractivity contribution in [2.75, 3.05) is 11.1 Å². The Morgan fingerprint density at radius 2 is 2.00 bits per heavy atom. The monoisotopic (exact) mass is 468 g/mol. The van der Waals surface area contributed by atoms with Crippen molar-refractivity contribution in [2.45, 2.75) is 44.8 Å². The first-order chi connectivity index (χ1) is 13.8. The topological polar surface area (TPSA) is 59.8 Å². The SMILES string of the molecule is CC(C)c1cc(-c2nnc(SCC(=O)Nc3cccc(Cl)c3Cl)n2C(C)C)cs1. The third kappa shape index (κ3) is 5.15. The molecule has 0 aliphatic carbocycles. The van der Waals surface area contributed by atoms with Crippen LogP contribution >= 0.6 is 46.3 Å². The Balaban J connectivity index is 1.74. The zero-order valence-corrected chi connectivity index (χ0v) is 19.7. The first-order valence-electron chi connectivity index (χ1n) is 9.18. The van der Waals surface area contributed by atoms with E-state index in [0.717, 1.165) is 11.4 Å². The summed E-state index contributed by atoms with van der Waals surface area (Å²) in [5, 5.41) is 15.1. The van der Waals surface area contributed by atoms with Gasteiger partial charge in [0.2, 0.25) is 5.91 Å². The first-order valence-corrected chi connectivity index (χ1v) is 11.8. The molecule has 3 aromatic rings. The number of thiophene rings is 1. The molecular formula is C20H22Cl2N4OS2. The summed E-state index contributed by atoms with van der Waals surface area (Å²) in [7, 11) is 0. The van der Waals surface area contributed by atoms with Gasteiger partial charge in [-0.1, -0.05) is 54.9 Å². The van der Waals surface area contributed by atoms with Crippen LogP contribution in [0.25, 0.3) is 11.4 Å². The number of rotatable bonds is 7. The van der Waals surface area contributed by atoms with Crippen molar-refractivity contribution in [1.82, 2.24) is 14.8 Å². The Morgan fingerprint density at radius 1 is 1.24 bits per heavy atom. The number of carbonyl (C=O) groups is 1. The van der Waals surface area contributed by atoms with E-state index in [0.29, 0.717) is 26.8 Å². The number of hydrogen-bond acceptors (Lipinski definition) is 5. The van der Waals surface area contributed by atoms with Crippen LogP contribution in [0.3, 0.4) is 0 Å². The lowest BCUT2D eigenvalue weighted by Crippen LogP contribution is -2.15. The lowest BCUT2D eigenvalue weighted by Gasteiger charge is -2.13. The maximum atomic E-state index is 12.4. The molecule has 9 heteroatoms. The van der Waals surface area contributed by atoms with Crippen molar-refractivity contribution in [3.05, 3.63) is 44.6 Å². The third-order valence-corrected chi connectivity index (χ3v) is 7.18. The summed E-state index contributed by atoms with van der Waals surface area (Å²) < 4.78 is 2.07. The van der Waals surface area contributed by atoms with Crippen LogP contribution < -0.4 is 5.32 Å². The molecule has 0 radical (unpaired) electrons. The molecule has 1 N–H and O–H groups in total. The Labute approximate surface area is 188 Å². The fourth-order valence-corrected chi connectivity index (χ4v) is 4.85. The second-order valence-corrected chi connectivity index (χ2v) is 9.77. The fourth-order valence-electron chi connectivity index (χ4n) is 2.73. The fraction of sp³-hybridized carbons (Fsp3) is 0.350. The highest BCUT2D eigenvalue weighted by Gasteiger charge is 2.19. The van der Waals surface area contributed by atoms with Gasteiger partial charge in [-0.05, 0) is 38.0 Å². The minimum atomic E-state index is -0.184. The lowest BCUT2D eigenvalue weighted by atomic mass is 10.1. The van der Waals surface area contributed by atoms with Crippen LogP contribution in [0.1, 0.15) is 44.5 Å². The number of carbonyl (C=O) groups excluding carboxylic acids is 1. The van der Waals surface area contributed by atoms with Crippen molar-refractivity contribution < 1.29 is 4.79 Å². The van der Waals surface area contributed by atoms with Gasteiger partial charge in [0.1, 0.15) is 0 Å². The summed E-state index contributed by atoms with van der Waals surface area (Å²) in [6.45, 7) is 8.51. The highest BCUT2D eigenvalue weighted by atomic mass is 35.5. The Kier molecular flexibility index (Phi) is 7.27. The number of benzene rings is 1. The van der Waals surface area contributed by atoms with E-state index >= 15 is 0 Å². The smallest absolute Gasteiger partial charge is 0.234 e. The molecular weight excluding hydrogens is 447 g/mol. The van der Waals surface area contributed by atoms with Crippen molar-refractivity contribution in [2.24, 2.45) is 0 Å². The van der Waals surface area contributed by atoms with E-state index < -0.39 is 0 Å². The molecule has 0 aliphatic rings. The lowest BCUT2D eigenvalue weighted by molar-refractivity contribution is -0.113. The average molecular weight is 469 g/mol. The molecule has 0 saturated heterocycles. The Morgan fingerprint density at radius 3 is 2.66 bits per heavy atom. The average Bonchev–Trinajstić information content (AvgIpc) is 3.30. The molecule has 0 atom stereocenters. The van der Waals surface area contributed by atoms with Crippen LogP contribution in [0, 0.1) is 0 Å². The molecule has 0 aliphatic heterocycles. The van der Waals surface area contributed by atoms with Gasteiger partial charge in [0.05, 0.1) is 21.5 Å². The van der Waals surface area contributed by atoms with E-state index in [9.17, 15) is 4.79 Å². The van der Waals surface area contributed by atoms with E-state index in [2.05, 4.69) is 59.2 Å². The number of thioether (sulfide) groups is 1. The predicted octanol–water partition coefficient (Wildman–Crippen LogP) is 6.75. The molecule has 1 aromatic carbocycles. The summed E-state index contributed by atoms with van der Waals surface area (Å²) >= 11 is 15.2. The Bertz CT molecular complexity index is 1010. The number of anilines is 1. The molecule has 0 bridgehead atoms. The van der Waals surface area contributed by atoms with Gasteiger partial charge < -0.3 is 5.32 Å². The highest BCUT2D eigenvalue weighted by Crippen LogP contribution is 2.33. The molecule has 2 heterocycles. The van der Waals surface area contributed by atoms with E-state index in [4.69, 9.17) is 23.2 Å². The highest BCUT2D eigenvalue weighted by molar-refractivity contribution is 7.99. The molecule has 2 aromatic heterocycles. The van der Waals surface area contributed by atoms with Gasteiger partial charge in [0.25, 0.3) is 0 Å². The van der Waals surface area contributed by atoms with Crippen LogP contribution in [-0.2, 0) is 4.79 Å². The van der Waals surface area contributed by atoms with Crippen LogP contribution in [-0.4, -0.2) is 26.4 Å². The molecule has 0 fully saturated rings. The van der Waals surface area contributed by atoms with E-state index in [1.807, 2.05) is 0 Å². The number of nitrogens with zero attached hydrogens (tertiary/aromatic N) is 3. The van der Waals surface area contributed by atoms with Crippen molar-refractivity contribution in [1.29, 1.82) is 0 Å². The summed E-state index contributed by atoms with van der Waals surface area (Å²) in [4.78, 5) is 13.7. The van der Waals surface area contributed by atoms with Crippen molar-refractivity contribution in [3.8, 4) is 11.4 Å². The van der Waals surface area contributed by atoms with Gasteiger partial charge in [-0.25, -0.2) is 0 Å². The van der Waals surface area contributed by atoms with Crippen LogP contribution in [0.5, 0.6) is 0 Å². The molecule has 3 rings (SSSR count). The molecule has 29 heavy (non-hydrogen) atoms. The zero-order valence-electron chi connectivity index (χ0n) is 16.6. The van der Waals surface area contributed by atoms with Gasteiger partial charge in [-0.2, -0.15) is 0 Å². The zero-order chi connectivity index (χ0) is 21.1. The molecule has 0 spiro atoms. The first kappa shape index (κ1) is 22.2. The maximum Gasteiger partial charge on any atom is 0.234 e. The van der Waals surface area contributed by atoms with Crippen LogP contribution in [0.15, 0.2) is 34.8 Å². The van der Waals surface area contributed by atoms with Crippen molar-refractivity contribution in [3.63, 3.8) is 0 Å². The van der Waals surface area contributed by atoms with Gasteiger partial charge in [0, 0.05) is 21.9 Å². The largest absolute Gasteiger partial charge is 0.324 e. The van der Waals surface area contributed by atoms with E-state index in [1.54, 1.807) is 29.5 Å². The number of halogens is 2. The summed E-state index contributed by atoms with van der Waals surface area (Å²) in [5.74, 6) is 1.30. The standard InChI is InChI=1S/C20H22Cl2N4OS2/c1-11(2)16-8-13(9-28-16)19-24-25-20(26(19)12(3)4)29-10-17(27)23-15-7-5-6-14(21)18(15)22/h5-9,11-12H,10H2,1-4H3,(H,23,27). The van der Waals surface area contributed by atoms with Gasteiger partial charge in [-0.15, -0.1) is 21.5 Å². The van der Waals surface area contributed by atoms with Crippen LogP contribution in [0.4, 0.5) is 5.69 Å². The van der Waals surface area contributed by atoms with Gasteiger partial charge >= 0.3 is 0 Å². The van der Waals surface area contributed by atoms with E-state index in [1.165, 1.54) is 16.6 Å². The minimum absolute atomic E-state index is 0.162. The molecule has 0 unspecified atom stereocenters. The second kappa shape index (κ2) is 9.51. The maximum absolute atomic E-state index is 12.4. The molecule has 154 valence electrons. The number of aromatic nitrogens is 3. The normalized spacial score (nSPS) is 11.4. The van der Waals surface area contributed by atoms with Crippen molar-refractivity contribution >= 4 is 57.9 Å². The molecule has 1 amide bonds. The third-order valence-electron chi connectivity index (χ3n) is 4.19. The molecule has 5 nitrogen and oxygen atoms in total. The van der Waals surface area contributed by atoms with Gasteiger partial charge in [-0.3, -0.25) is 9.36 Å². The predicted molar refractivity (Wildman–Crippen MR) is 124 cm³/mol. The summed E-state index contributed by atoms with van der Waals surface area (Å²) in [6, 6.07) is 7.46. The number of amides is 1. The van der Waals surface area contributed by atoms with E-state index in [-0.39, 0.29) is 17.7 Å². The van der Waals surface area contributed by atoms with Crippen LogP contribution in [0.2, 0.25) is 10.0 Å². The quantitative estimate of drug-likeness (QED) is 0.389. The Hall–Kier alpha value is -1.54. The number of hydrogen-bond donors (Lipinski definition) is 1.